The topological polar surface area (TPSA) is 37.3 Å². The van der Waals surface area contributed by atoms with Crippen molar-refractivity contribution in [2.24, 2.45) is 0 Å². The molecule has 0 heterocycles. The van der Waals surface area contributed by atoms with E-state index in [2.05, 4.69) is 0 Å². The predicted octanol–water partition coefficient (Wildman–Crippen LogP) is 4.36. The van der Waals surface area contributed by atoms with Gasteiger partial charge in [0.25, 0.3) is 0 Å². The Balaban J connectivity index is 2.58. The van der Waals surface area contributed by atoms with E-state index in [4.69, 9.17) is 28.3 Å². The number of aromatic carboxylic acids is 1. The first-order valence-corrected chi connectivity index (χ1v) is 5.62. The Morgan fingerprint density at radius 2 is 1.82 bits per heavy atom. The number of benzene rings is 2. The maximum Gasteiger partial charge on any atom is 0.335 e. The van der Waals surface area contributed by atoms with Crippen molar-refractivity contribution in [2.45, 2.75) is 0 Å². The van der Waals surface area contributed by atoms with Gasteiger partial charge in [0.05, 0.1) is 5.56 Å². The fourth-order valence-corrected chi connectivity index (χ4v) is 1.95. The standard InChI is InChI=1S/C13H8Cl2O2/c14-10-3-1-2-8(6-10)11-7-9(13(16)17)4-5-12(11)15/h1-7H,(H,16,17). The van der Waals surface area contributed by atoms with Gasteiger partial charge in [-0.05, 0) is 35.9 Å². The highest BCUT2D eigenvalue weighted by Gasteiger charge is 2.09. The van der Waals surface area contributed by atoms with Crippen LogP contribution in [0.3, 0.4) is 0 Å². The molecule has 0 aliphatic heterocycles. The molecule has 2 aromatic rings. The minimum atomic E-state index is -0.982. The Kier molecular flexibility index (Phi) is 3.36. The minimum Gasteiger partial charge on any atom is -0.478 e. The summed E-state index contributed by atoms with van der Waals surface area (Å²) in [7, 11) is 0. The summed E-state index contributed by atoms with van der Waals surface area (Å²) < 4.78 is 0. The SMILES string of the molecule is O=C(O)c1ccc(Cl)c(-c2cccc(Cl)c2)c1. The van der Waals surface area contributed by atoms with Crippen molar-refractivity contribution in [2.75, 3.05) is 0 Å². The number of carboxylic acids is 1. The first kappa shape index (κ1) is 12.0. The molecule has 2 aromatic carbocycles. The van der Waals surface area contributed by atoms with Crippen molar-refractivity contribution in [1.29, 1.82) is 0 Å². The van der Waals surface area contributed by atoms with Gasteiger partial charge in [-0.2, -0.15) is 0 Å². The van der Waals surface area contributed by atoms with Crippen LogP contribution >= 0.6 is 23.2 Å². The van der Waals surface area contributed by atoms with Crippen molar-refractivity contribution in [3.63, 3.8) is 0 Å². The average molecular weight is 267 g/mol. The van der Waals surface area contributed by atoms with Gasteiger partial charge in [-0.25, -0.2) is 4.79 Å². The Hall–Kier alpha value is -1.51. The van der Waals surface area contributed by atoms with Crippen LogP contribution in [0.4, 0.5) is 0 Å². The summed E-state index contributed by atoms with van der Waals surface area (Å²) >= 11 is 11.9. The highest BCUT2D eigenvalue weighted by atomic mass is 35.5. The number of rotatable bonds is 2. The third kappa shape index (κ3) is 2.60. The largest absolute Gasteiger partial charge is 0.478 e. The molecular weight excluding hydrogens is 259 g/mol. The van der Waals surface area contributed by atoms with Crippen molar-refractivity contribution < 1.29 is 9.90 Å². The van der Waals surface area contributed by atoms with Crippen LogP contribution in [0, 0.1) is 0 Å². The van der Waals surface area contributed by atoms with Gasteiger partial charge in [-0.1, -0.05) is 35.3 Å². The quantitative estimate of drug-likeness (QED) is 0.877. The van der Waals surface area contributed by atoms with Crippen LogP contribution in [-0.4, -0.2) is 11.1 Å². The van der Waals surface area contributed by atoms with Crippen molar-refractivity contribution >= 4 is 29.2 Å². The summed E-state index contributed by atoms with van der Waals surface area (Å²) in [6.07, 6.45) is 0. The maximum atomic E-state index is 10.9. The molecule has 4 heteroatoms. The molecule has 0 unspecified atom stereocenters. The second-order valence-electron chi connectivity index (χ2n) is 3.51. The normalized spacial score (nSPS) is 10.2. The number of hydrogen-bond donors (Lipinski definition) is 1. The molecule has 2 nitrogen and oxygen atoms in total. The molecule has 0 aliphatic carbocycles. The molecule has 1 N–H and O–H groups in total. The predicted molar refractivity (Wildman–Crippen MR) is 68.9 cm³/mol. The van der Waals surface area contributed by atoms with E-state index in [1.54, 1.807) is 24.3 Å². The third-order valence-corrected chi connectivity index (χ3v) is 2.91. The number of carbonyl (C=O) groups is 1. The highest BCUT2D eigenvalue weighted by Crippen LogP contribution is 2.30. The Labute approximate surface area is 108 Å². The second kappa shape index (κ2) is 4.78. The zero-order chi connectivity index (χ0) is 12.4. The van der Waals surface area contributed by atoms with Crippen molar-refractivity contribution in [3.05, 3.63) is 58.1 Å². The van der Waals surface area contributed by atoms with E-state index in [1.165, 1.54) is 12.1 Å². The molecule has 0 spiro atoms. The molecule has 0 aromatic heterocycles. The summed E-state index contributed by atoms with van der Waals surface area (Å²) in [6.45, 7) is 0. The molecule has 0 aliphatic rings. The molecule has 2 rings (SSSR count). The number of carboxylic acid groups (broad SMARTS) is 1. The van der Waals surface area contributed by atoms with Gasteiger partial charge >= 0.3 is 5.97 Å². The number of hydrogen-bond acceptors (Lipinski definition) is 1. The lowest BCUT2D eigenvalue weighted by Gasteiger charge is -2.06. The van der Waals surface area contributed by atoms with E-state index in [0.717, 1.165) is 5.56 Å². The molecule has 0 atom stereocenters. The smallest absolute Gasteiger partial charge is 0.335 e. The van der Waals surface area contributed by atoms with Gasteiger partial charge in [0, 0.05) is 15.6 Å². The summed E-state index contributed by atoms with van der Waals surface area (Å²) in [5.74, 6) is -0.982. The fraction of sp³-hybridized carbons (Fsp3) is 0. The first-order chi connectivity index (χ1) is 8.08. The van der Waals surface area contributed by atoms with Crippen molar-refractivity contribution in [3.8, 4) is 11.1 Å². The van der Waals surface area contributed by atoms with Gasteiger partial charge in [0.2, 0.25) is 0 Å². The molecular formula is C13H8Cl2O2. The van der Waals surface area contributed by atoms with Crippen molar-refractivity contribution in [1.82, 2.24) is 0 Å². The van der Waals surface area contributed by atoms with Gasteiger partial charge < -0.3 is 5.11 Å². The molecule has 0 radical (unpaired) electrons. The van der Waals surface area contributed by atoms with E-state index in [-0.39, 0.29) is 5.56 Å². The van der Waals surface area contributed by atoms with Crippen LogP contribution in [0.5, 0.6) is 0 Å². The van der Waals surface area contributed by atoms with Crippen LogP contribution in [0.2, 0.25) is 10.0 Å². The van der Waals surface area contributed by atoms with E-state index >= 15 is 0 Å². The summed E-state index contributed by atoms with van der Waals surface area (Å²) in [5, 5.41) is 10.0. The molecule has 17 heavy (non-hydrogen) atoms. The van der Waals surface area contributed by atoms with E-state index in [1.807, 2.05) is 6.07 Å². The average Bonchev–Trinajstić information content (AvgIpc) is 2.29. The number of halogens is 2. The molecule has 86 valence electrons. The molecule has 0 bridgehead atoms. The molecule has 0 saturated heterocycles. The second-order valence-corrected chi connectivity index (χ2v) is 4.35. The zero-order valence-electron chi connectivity index (χ0n) is 8.65. The molecule has 0 saturated carbocycles. The lowest BCUT2D eigenvalue weighted by atomic mass is 10.0. The minimum absolute atomic E-state index is 0.198. The fourth-order valence-electron chi connectivity index (χ4n) is 1.54. The van der Waals surface area contributed by atoms with E-state index in [9.17, 15) is 4.79 Å². The summed E-state index contributed by atoms with van der Waals surface area (Å²) in [4.78, 5) is 10.9. The maximum absolute atomic E-state index is 10.9. The lowest BCUT2D eigenvalue weighted by molar-refractivity contribution is 0.0697. The summed E-state index contributed by atoms with van der Waals surface area (Å²) in [6, 6.07) is 11.7. The van der Waals surface area contributed by atoms with Crippen LogP contribution < -0.4 is 0 Å². The van der Waals surface area contributed by atoms with Crippen LogP contribution in [-0.2, 0) is 0 Å². The lowest BCUT2D eigenvalue weighted by Crippen LogP contribution is -1.96. The van der Waals surface area contributed by atoms with Crippen LogP contribution in [0.1, 0.15) is 10.4 Å². The molecule has 0 amide bonds. The Morgan fingerprint density at radius 1 is 1.06 bits per heavy atom. The Bertz CT molecular complexity index is 579. The van der Waals surface area contributed by atoms with Crippen LogP contribution in [0.15, 0.2) is 42.5 Å². The zero-order valence-corrected chi connectivity index (χ0v) is 10.2. The van der Waals surface area contributed by atoms with Gasteiger partial charge in [0.15, 0.2) is 0 Å². The van der Waals surface area contributed by atoms with Gasteiger partial charge in [0.1, 0.15) is 0 Å². The molecule has 0 fully saturated rings. The third-order valence-electron chi connectivity index (χ3n) is 2.35. The Morgan fingerprint density at radius 3 is 2.47 bits per heavy atom. The first-order valence-electron chi connectivity index (χ1n) is 4.87. The van der Waals surface area contributed by atoms with Gasteiger partial charge in [-0.3, -0.25) is 0 Å². The van der Waals surface area contributed by atoms with E-state index in [0.29, 0.717) is 15.6 Å². The summed E-state index contributed by atoms with van der Waals surface area (Å²) in [5.41, 5.74) is 1.66. The highest BCUT2D eigenvalue weighted by molar-refractivity contribution is 6.34. The van der Waals surface area contributed by atoms with Crippen LogP contribution in [0.25, 0.3) is 11.1 Å². The monoisotopic (exact) mass is 266 g/mol. The van der Waals surface area contributed by atoms with E-state index < -0.39 is 5.97 Å². The van der Waals surface area contributed by atoms with Gasteiger partial charge in [-0.15, -0.1) is 0 Å².